The molecule has 0 unspecified atom stereocenters. The van der Waals surface area contributed by atoms with Crippen molar-refractivity contribution in [2.45, 2.75) is 38.0 Å². The Morgan fingerprint density at radius 1 is 1.39 bits per heavy atom. The van der Waals surface area contributed by atoms with Gasteiger partial charge in [-0.1, -0.05) is 26.3 Å². The van der Waals surface area contributed by atoms with E-state index >= 15 is 0 Å². The van der Waals surface area contributed by atoms with Crippen molar-refractivity contribution < 1.29 is 4.39 Å². The summed E-state index contributed by atoms with van der Waals surface area (Å²) in [5.41, 5.74) is 5.32. The van der Waals surface area contributed by atoms with E-state index in [4.69, 9.17) is 11.1 Å². The van der Waals surface area contributed by atoms with E-state index in [1.165, 1.54) is 6.07 Å². The highest BCUT2D eigenvalue weighted by Gasteiger charge is 2.20. The average molecular weight is 268 g/mol. The van der Waals surface area contributed by atoms with E-state index in [9.17, 15) is 4.39 Å². The van der Waals surface area contributed by atoms with Gasteiger partial charge in [-0.2, -0.15) is 0 Å². The molecule has 1 aromatic carbocycles. The number of hydrogen-bond acceptors (Lipinski definition) is 2. The van der Waals surface area contributed by atoms with Gasteiger partial charge in [-0.05, 0) is 36.8 Å². The highest BCUT2D eigenvalue weighted by molar-refractivity contribution is 7.99. The second kappa shape index (κ2) is 6.78. The summed E-state index contributed by atoms with van der Waals surface area (Å²) in [5.74, 6) is 1.04. The normalized spacial score (nSPS) is 11.5. The Morgan fingerprint density at radius 2 is 2.11 bits per heavy atom. The van der Waals surface area contributed by atoms with E-state index < -0.39 is 0 Å². The molecule has 1 aromatic rings. The molecule has 0 saturated carbocycles. The van der Waals surface area contributed by atoms with Crippen LogP contribution in [0.25, 0.3) is 0 Å². The zero-order valence-corrected chi connectivity index (χ0v) is 11.8. The molecule has 0 aliphatic heterocycles. The number of rotatable bonds is 7. The molecule has 0 fully saturated rings. The summed E-state index contributed by atoms with van der Waals surface area (Å²) >= 11 is 1.67. The van der Waals surface area contributed by atoms with Crippen LogP contribution in [-0.4, -0.2) is 11.6 Å². The third-order valence-corrected chi connectivity index (χ3v) is 4.07. The Bertz CT molecular complexity index is 405. The largest absolute Gasteiger partial charge is 0.387 e. The molecule has 0 aliphatic carbocycles. The zero-order valence-electron chi connectivity index (χ0n) is 11.0. The number of halogens is 1. The predicted octanol–water partition coefficient (Wildman–Crippen LogP) is 4.05. The van der Waals surface area contributed by atoms with Crippen molar-refractivity contribution >= 4 is 17.6 Å². The lowest BCUT2D eigenvalue weighted by Crippen LogP contribution is -2.30. The minimum atomic E-state index is -0.205. The first-order valence-electron chi connectivity index (χ1n) is 6.15. The van der Waals surface area contributed by atoms with Crippen LogP contribution in [0.4, 0.5) is 4.39 Å². The van der Waals surface area contributed by atoms with E-state index in [0.717, 1.165) is 29.9 Å². The van der Waals surface area contributed by atoms with Crippen molar-refractivity contribution in [2.75, 3.05) is 5.75 Å². The molecule has 0 saturated heterocycles. The quantitative estimate of drug-likeness (QED) is 0.339. The highest BCUT2D eigenvalue weighted by Crippen LogP contribution is 2.25. The highest BCUT2D eigenvalue weighted by atomic mass is 32.2. The summed E-state index contributed by atoms with van der Waals surface area (Å²) in [7, 11) is 0. The van der Waals surface area contributed by atoms with E-state index in [0.29, 0.717) is 0 Å². The lowest BCUT2D eigenvalue weighted by molar-refractivity contribution is 0.448. The summed E-state index contributed by atoms with van der Waals surface area (Å²) in [5, 5.41) is 7.47. The third kappa shape index (κ3) is 5.08. The van der Waals surface area contributed by atoms with Gasteiger partial charge in [-0.25, -0.2) is 4.39 Å². The number of nitrogens with one attached hydrogen (secondary N) is 1. The van der Waals surface area contributed by atoms with Crippen LogP contribution in [0.5, 0.6) is 0 Å². The second-order valence-corrected chi connectivity index (χ2v) is 6.23. The molecular formula is C14H21FN2S. The van der Waals surface area contributed by atoms with Crippen molar-refractivity contribution in [3.05, 3.63) is 30.1 Å². The first kappa shape index (κ1) is 15.0. The fourth-order valence-corrected chi connectivity index (χ4v) is 2.51. The number of hydrogen-bond donors (Lipinski definition) is 2. The fourth-order valence-electron chi connectivity index (χ4n) is 1.55. The van der Waals surface area contributed by atoms with Crippen LogP contribution >= 0.6 is 11.8 Å². The molecule has 0 bridgehead atoms. The minimum absolute atomic E-state index is 0.183. The fraction of sp³-hybridized carbons (Fsp3) is 0.500. The summed E-state index contributed by atoms with van der Waals surface area (Å²) in [6.45, 7) is 3.99. The Labute approximate surface area is 113 Å². The number of nitrogens with two attached hydrogens (primary N) is 1. The van der Waals surface area contributed by atoms with Gasteiger partial charge in [0.1, 0.15) is 5.82 Å². The van der Waals surface area contributed by atoms with Crippen LogP contribution in [0.1, 0.15) is 33.1 Å². The summed E-state index contributed by atoms with van der Waals surface area (Å²) in [6, 6.07) is 6.67. The van der Waals surface area contributed by atoms with Crippen molar-refractivity contribution in [1.29, 1.82) is 5.41 Å². The third-order valence-electron chi connectivity index (χ3n) is 2.99. The molecule has 18 heavy (non-hydrogen) atoms. The van der Waals surface area contributed by atoms with Crippen molar-refractivity contribution in [3.8, 4) is 0 Å². The van der Waals surface area contributed by atoms with E-state index in [1.54, 1.807) is 23.9 Å². The molecule has 4 heteroatoms. The van der Waals surface area contributed by atoms with Gasteiger partial charge < -0.3 is 5.73 Å². The van der Waals surface area contributed by atoms with E-state index in [1.807, 2.05) is 19.9 Å². The van der Waals surface area contributed by atoms with Crippen LogP contribution in [-0.2, 0) is 0 Å². The molecule has 0 radical (unpaired) electrons. The van der Waals surface area contributed by atoms with E-state index in [2.05, 4.69) is 0 Å². The Kier molecular flexibility index (Phi) is 5.66. The van der Waals surface area contributed by atoms with Gasteiger partial charge in [0, 0.05) is 10.3 Å². The molecule has 0 spiro atoms. The molecule has 0 aliphatic rings. The Morgan fingerprint density at radius 3 is 2.72 bits per heavy atom. The Hall–Kier alpha value is -1.03. The van der Waals surface area contributed by atoms with Gasteiger partial charge >= 0.3 is 0 Å². The van der Waals surface area contributed by atoms with Gasteiger partial charge in [0.2, 0.25) is 0 Å². The molecule has 0 aromatic heterocycles. The predicted molar refractivity (Wildman–Crippen MR) is 76.7 cm³/mol. The molecule has 100 valence electrons. The average Bonchev–Trinajstić information content (AvgIpc) is 2.28. The topological polar surface area (TPSA) is 49.9 Å². The number of unbranched alkanes of at least 4 members (excludes halogenated alkanes) is 1. The first-order chi connectivity index (χ1) is 8.42. The maximum atomic E-state index is 12.9. The lowest BCUT2D eigenvalue weighted by Gasteiger charge is -2.22. The van der Waals surface area contributed by atoms with Crippen LogP contribution in [0.3, 0.4) is 0 Å². The SMILES string of the molecule is CC(C)(CCCCSc1cccc(F)c1)C(=N)N. The monoisotopic (exact) mass is 268 g/mol. The van der Waals surface area contributed by atoms with Crippen molar-refractivity contribution in [1.82, 2.24) is 0 Å². The van der Waals surface area contributed by atoms with Crippen LogP contribution in [0.2, 0.25) is 0 Å². The number of amidine groups is 1. The summed E-state index contributed by atoms with van der Waals surface area (Å²) in [4.78, 5) is 0.973. The molecule has 0 amide bonds. The van der Waals surface area contributed by atoms with E-state index in [-0.39, 0.29) is 17.1 Å². The molecule has 0 heterocycles. The first-order valence-corrected chi connectivity index (χ1v) is 7.13. The Balaban J connectivity index is 2.22. The number of benzene rings is 1. The van der Waals surface area contributed by atoms with Gasteiger partial charge in [-0.15, -0.1) is 11.8 Å². The van der Waals surface area contributed by atoms with Gasteiger partial charge in [0.05, 0.1) is 5.84 Å². The van der Waals surface area contributed by atoms with Crippen LogP contribution in [0, 0.1) is 16.6 Å². The summed E-state index contributed by atoms with van der Waals surface area (Å²) < 4.78 is 12.9. The second-order valence-electron chi connectivity index (χ2n) is 5.06. The smallest absolute Gasteiger partial charge is 0.124 e. The lowest BCUT2D eigenvalue weighted by atomic mass is 9.86. The van der Waals surface area contributed by atoms with Crippen LogP contribution < -0.4 is 5.73 Å². The zero-order chi connectivity index (χ0) is 13.6. The van der Waals surface area contributed by atoms with Crippen molar-refractivity contribution in [2.24, 2.45) is 11.1 Å². The molecule has 3 N–H and O–H groups in total. The van der Waals surface area contributed by atoms with Gasteiger partial charge in [0.15, 0.2) is 0 Å². The molecular weight excluding hydrogens is 247 g/mol. The van der Waals surface area contributed by atoms with Gasteiger partial charge in [0.25, 0.3) is 0 Å². The standard InChI is InChI=1S/C14H21FN2S/c1-14(2,13(16)17)8-3-4-9-18-12-7-5-6-11(15)10-12/h5-7,10H,3-4,8-9H2,1-2H3,(H3,16,17). The summed E-state index contributed by atoms with van der Waals surface area (Å²) in [6.07, 6.45) is 3.01. The van der Waals surface area contributed by atoms with Gasteiger partial charge in [-0.3, -0.25) is 5.41 Å². The van der Waals surface area contributed by atoms with Crippen molar-refractivity contribution in [3.63, 3.8) is 0 Å². The molecule has 0 atom stereocenters. The minimum Gasteiger partial charge on any atom is -0.387 e. The maximum absolute atomic E-state index is 12.9. The molecule has 1 rings (SSSR count). The number of thioether (sulfide) groups is 1. The van der Waals surface area contributed by atoms with Crippen LogP contribution in [0.15, 0.2) is 29.2 Å². The maximum Gasteiger partial charge on any atom is 0.124 e. The molecule has 2 nitrogen and oxygen atoms in total.